The van der Waals surface area contributed by atoms with Gasteiger partial charge < -0.3 is 19.3 Å². The molecule has 0 aliphatic carbocycles. The minimum atomic E-state index is -0.492. The van der Waals surface area contributed by atoms with Crippen molar-refractivity contribution in [2.75, 3.05) is 13.7 Å². The van der Waals surface area contributed by atoms with E-state index in [-0.39, 0.29) is 5.75 Å². The zero-order valence-electron chi connectivity index (χ0n) is 11.2. The number of rotatable bonds is 2. The Morgan fingerprint density at radius 1 is 1.20 bits per heavy atom. The molecule has 0 amide bonds. The first kappa shape index (κ1) is 12.8. The van der Waals surface area contributed by atoms with Crippen molar-refractivity contribution in [2.45, 2.75) is 12.7 Å². The maximum Gasteiger partial charge on any atom is 0.226 e. The molecule has 0 bridgehead atoms. The Balaban J connectivity index is 1.91. The molecule has 0 spiro atoms. The van der Waals surface area contributed by atoms with E-state index in [0.29, 0.717) is 12.4 Å². The lowest BCUT2D eigenvalue weighted by Gasteiger charge is -2.18. The summed E-state index contributed by atoms with van der Waals surface area (Å²) in [7, 11) is 1.52. The summed E-state index contributed by atoms with van der Waals surface area (Å²) in [6.07, 6.45) is 0.329. The fraction of sp³-hybridized carbons (Fsp3) is 0.250. The van der Waals surface area contributed by atoms with Crippen LogP contribution in [0.5, 0.6) is 17.2 Å². The Morgan fingerprint density at radius 2 is 2.05 bits per heavy atom. The van der Waals surface area contributed by atoms with Crippen molar-refractivity contribution in [3.63, 3.8) is 0 Å². The molecule has 0 fully saturated rings. The van der Waals surface area contributed by atoms with E-state index in [1.807, 2.05) is 24.3 Å². The Bertz CT molecular complexity index is 609. The van der Waals surface area contributed by atoms with Crippen molar-refractivity contribution in [2.24, 2.45) is 0 Å². The van der Waals surface area contributed by atoms with Crippen LogP contribution in [0.25, 0.3) is 0 Å². The van der Waals surface area contributed by atoms with E-state index in [1.165, 1.54) is 7.11 Å². The molecule has 4 nitrogen and oxygen atoms in total. The highest BCUT2D eigenvalue weighted by Gasteiger charge is 2.20. The summed E-state index contributed by atoms with van der Waals surface area (Å²) in [5.74, 6) is 1.35. The van der Waals surface area contributed by atoms with Gasteiger partial charge in [0.2, 0.25) is 6.29 Å². The van der Waals surface area contributed by atoms with Crippen LogP contribution in [0.1, 0.15) is 17.4 Å². The van der Waals surface area contributed by atoms with Crippen LogP contribution in [0.3, 0.4) is 0 Å². The minimum absolute atomic E-state index is 0.102. The van der Waals surface area contributed by atoms with E-state index in [4.69, 9.17) is 14.2 Å². The number of aromatic hydroxyl groups is 1. The lowest BCUT2D eigenvalue weighted by atomic mass is 10.1. The molecule has 1 heterocycles. The van der Waals surface area contributed by atoms with Crippen molar-refractivity contribution in [1.29, 1.82) is 0 Å². The van der Waals surface area contributed by atoms with E-state index in [0.717, 1.165) is 23.3 Å². The third-order valence-corrected chi connectivity index (χ3v) is 3.32. The van der Waals surface area contributed by atoms with Gasteiger partial charge >= 0.3 is 0 Å². The fourth-order valence-electron chi connectivity index (χ4n) is 2.26. The van der Waals surface area contributed by atoms with E-state index >= 15 is 0 Å². The number of ether oxygens (including phenoxy) is 3. The van der Waals surface area contributed by atoms with Crippen molar-refractivity contribution < 1.29 is 19.3 Å². The molecule has 0 saturated heterocycles. The number of methoxy groups -OCH3 is 1. The predicted octanol–water partition coefficient (Wildman–Crippen LogP) is 3.05. The largest absolute Gasteiger partial charge is 0.504 e. The van der Waals surface area contributed by atoms with Gasteiger partial charge in [0.1, 0.15) is 5.75 Å². The first-order valence-corrected chi connectivity index (χ1v) is 6.51. The zero-order valence-corrected chi connectivity index (χ0v) is 11.2. The lowest BCUT2D eigenvalue weighted by molar-refractivity contribution is -0.0751. The first-order valence-electron chi connectivity index (χ1n) is 6.51. The molecule has 1 aliphatic heterocycles. The second-order valence-electron chi connectivity index (χ2n) is 4.61. The molecule has 4 heteroatoms. The van der Waals surface area contributed by atoms with Gasteiger partial charge in [-0.05, 0) is 36.2 Å². The summed E-state index contributed by atoms with van der Waals surface area (Å²) in [6, 6.07) is 13.0. The number of para-hydroxylation sites is 1. The van der Waals surface area contributed by atoms with Crippen LogP contribution < -0.4 is 9.47 Å². The number of hydrogen-bond acceptors (Lipinski definition) is 4. The summed E-state index contributed by atoms with van der Waals surface area (Å²) in [6.45, 7) is 0.588. The van der Waals surface area contributed by atoms with Gasteiger partial charge in [0, 0.05) is 5.56 Å². The lowest BCUT2D eigenvalue weighted by Crippen LogP contribution is -2.10. The van der Waals surface area contributed by atoms with E-state index < -0.39 is 6.29 Å². The smallest absolute Gasteiger partial charge is 0.226 e. The molecule has 1 aliphatic rings. The average Bonchev–Trinajstić information content (AvgIpc) is 2.70. The van der Waals surface area contributed by atoms with Crippen molar-refractivity contribution in [3.8, 4) is 17.2 Å². The maximum atomic E-state index is 9.64. The Hall–Kier alpha value is -2.20. The van der Waals surface area contributed by atoms with E-state index in [1.54, 1.807) is 18.2 Å². The van der Waals surface area contributed by atoms with Gasteiger partial charge in [-0.3, -0.25) is 0 Å². The number of fused-ring (bicyclic) bond motifs is 1. The van der Waals surface area contributed by atoms with Crippen LogP contribution in [0.4, 0.5) is 0 Å². The highest BCUT2D eigenvalue weighted by molar-refractivity contribution is 5.43. The Morgan fingerprint density at radius 3 is 2.90 bits per heavy atom. The molecular weight excluding hydrogens is 256 g/mol. The molecule has 0 aromatic heterocycles. The van der Waals surface area contributed by atoms with Gasteiger partial charge in [-0.25, -0.2) is 0 Å². The monoisotopic (exact) mass is 272 g/mol. The summed E-state index contributed by atoms with van der Waals surface area (Å²) >= 11 is 0. The van der Waals surface area contributed by atoms with Crippen molar-refractivity contribution in [1.82, 2.24) is 0 Å². The third-order valence-electron chi connectivity index (χ3n) is 3.32. The average molecular weight is 272 g/mol. The minimum Gasteiger partial charge on any atom is -0.504 e. The Kier molecular flexibility index (Phi) is 3.48. The summed E-state index contributed by atoms with van der Waals surface area (Å²) < 4.78 is 16.8. The summed E-state index contributed by atoms with van der Waals surface area (Å²) in [5.41, 5.74) is 1.96. The van der Waals surface area contributed by atoms with Crippen molar-refractivity contribution >= 4 is 0 Å². The molecular formula is C16H16O4. The van der Waals surface area contributed by atoms with Crippen LogP contribution in [-0.2, 0) is 11.2 Å². The van der Waals surface area contributed by atoms with Gasteiger partial charge in [0.15, 0.2) is 11.5 Å². The second kappa shape index (κ2) is 5.43. The van der Waals surface area contributed by atoms with Crippen LogP contribution in [-0.4, -0.2) is 18.8 Å². The van der Waals surface area contributed by atoms with Gasteiger partial charge in [0.25, 0.3) is 0 Å². The summed E-state index contributed by atoms with van der Waals surface area (Å²) in [4.78, 5) is 0. The SMILES string of the molecule is COc1cc(C2OCCc3ccccc3O2)ccc1O. The number of phenolic OH excluding ortho intramolecular Hbond substituents is 1. The highest BCUT2D eigenvalue weighted by Crippen LogP contribution is 2.34. The molecule has 2 aromatic carbocycles. The zero-order chi connectivity index (χ0) is 13.9. The molecule has 0 radical (unpaired) electrons. The first-order chi connectivity index (χ1) is 9.78. The fourth-order valence-corrected chi connectivity index (χ4v) is 2.26. The highest BCUT2D eigenvalue weighted by atomic mass is 16.7. The molecule has 2 aromatic rings. The van der Waals surface area contributed by atoms with E-state index in [9.17, 15) is 5.11 Å². The predicted molar refractivity (Wildman–Crippen MR) is 74.1 cm³/mol. The molecule has 0 saturated carbocycles. The molecule has 1 atom stereocenters. The van der Waals surface area contributed by atoms with Gasteiger partial charge in [-0.15, -0.1) is 0 Å². The van der Waals surface area contributed by atoms with Crippen LogP contribution in [0.15, 0.2) is 42.5 Å². The van der Waals surface area contributed by atoms with E-state index in [2.05, 4.69) is 0 Å². The van der Waals surface area contributed by atoms with Gasteiger partial charge in [-0.1, -0.05) is 18.2 Å². The van der Waals surface area contributed by atoms with Crippen LogP contribution in [0, 0.1) is 0 Å². The second-order valence-corrected chi connectivity index (χ2v) is 4.61. The molecule has 1 N–H and O–H groups in total. The maximum absolute atomic E-state index is 9.64. The normalized spacial score (nSPS) is 17.8. The number of benzene rings is 2. The summed E-state index contributed by atoms with van der Waals surface area (Å²) in [5, 5.41) is 9.64. The quantitative estimate of drug-likeness (QED) is 0.912. The molecule has 1 unspecified atom stereocenters. The van der Waals surface area contributed by atoms with Gasteiger partial charge in [-0.2, -0.15) is 0 Å². The topological polar surface area (TPSA) is 47.9 Å². The van der Waals surface area contributed by atoms with Crippen LogP contribution >= 0.6 is 0 Å². The third kappa shape index (κ3) is 2.42. The van der Waals surface area contributed by atoms with Crippen molar-refractivity contribution in [3.05, 3.63) is 53.6 Å². The molecule has 3 rings (SSSR count). The molecule has 104 valence electrons. The standard InChI is InChI=1S/C16H16O4/c1-18-15-10-12(6-7-13(15)17)16-19-9-8-11-4-2-3-5-14(11)20-16/h2-7,10,16-17H,8-9H2,1H3. The molecule has 20 heavy (non-hydrogen) atoms. The number of hydrogen-bond donors (Lipinski definition) is 1. The van der Waals surface area contributed by atoms with Gasteiger partial charge in [0.05, 0.1) is 13.7 Å². The Labute approximate surface area is 117 Å². The number of phenols is 1. The van der Waals surface area contributed by atoms with Crippen LogP contribution in [0.2, 0.25) is 0 Å².